The Hall–Kier alpha value is -1.64. The highest BCUT2D eigenvalue weighted by atomic mass is 16.1. The van der Waals surface area contributed by atoms with Gasteiger partial charge in [0.05, 0.1) is 0 Å². The highest BCUT2D eigenvalue weighted by Crippen LogP contribution is 2.08. The van der Waals surface area contributed by atoms with Gasteiger partial charge in [0, 0.05) is 31.5 Å². The summed E-state index contributed by atoms with van der Waals surface area (Å²) in [6.45, 7) is 4.26. The van der Waals surface area contributed by atoms with E-state index in [1.165, 1.54) is 5.56 Å². The first kappa shape index (κ1) is 14.4. The Bertz CT molecular complexity index is 395. The highest BCUT2D eigenvalue weighted by molar-refractivity contribution is 5.80. The highest BCUT2D eigenvalue weighted by Gasteiger charge is 2.02. The summed E-state index contributed by atoms with van der Waals surface area (Å²) in [5.41, 5.74) is 2.26. The van der Waals surface area contributed by atoms with Gasteiger partial charge in [-0.05, 0) is 32.4 Å². The molecule has 0 amide bonds. The summed E-state index contributed by atoms with van der Waals surface area (Å²) in [5.74, 6) is 0.372. The minimum Gasteiger partial charge on any atom is -0.385 e. The average molecular weight is 247 g/mol. The van der Waals surface area contributed by atoms with Gasteiger partial charge in [0.25, 0.3) is 0 Å². The monoisotopic (exact) mass is 247 g/mol. The van der Waals surface area contributed by atoms with Crippen LogP contribution in [0.4, 0.5) is 5.69 Å². The molecule has 0 aliphatic carbocycles. The standard InChI is InChI=1S/C15H21NO2/c1-12-6-8-14(9-7-12)16-11-10-15(18)5-3-4-13(2)17/h6-9,16H,3-5,10-11H2,1-2H3. The van der Waals surface area contributed by atoms with Crippen LogP contribution in [0.5, 0.6) is 0 Å². The van der Waals surface area contributed by atoms with Crippen LogP contribution in [0.3, 0.4) is 0 Å². The van der Waals surface area contributed by atoms with Crippen molar-refractivity contribution in [2.24, 2.45) is 0 Å². The summed E-state index contributed by atoms with van der Waals surface area (Å²) in [6, 6.07) is 8.10. The van der Waals surface area contributed by atoms with Crippen molar-refractivity contribution in [1.82, 2.24) is 0 Å². The molecular weight excluding hydrogens is 226 g/mol. The second-order valence-electron chi connectivity index (χ2n) is 4.64. The van der Waals surface area contributed by atoms with Crippen molar-refractivity contribution < 1.29 is 9.59 Å². The van der Waals surface area contributed by atoms with Crippen molar-refractivity contribution in [3.63, 3.8) is 0 Å². The van der Waals surface area contributed by atoms with E-state index in [9.17, 15) is 9.59 Å². The van der Waals surface area contributed by atoms with Gasteiger partial charge in [0.1, 0.15) is 11.6 Å². The number of carbonyl (C=O) groups excluding carboxylic acids is 2. The second-order valence-corrected chi connectivity index (χ2v) is 4.64. The van der Waals surface area contributed by atoms with Gasteiger partial charge in [-0.15, -0.1) is 0 Å². The predicted octanol–water partition coefficient (Wildman–Crippen LogP) is 3.13. The number of nitrogens with one attached hydrogen (secondary N) is 1. The van der Waals surface area contributed by atoms with Gasteiger partial charge < -0.3 is 10.1 Å². The van der Waals surface area contributed by atoms with Crippen LogP contribution in [0.25, 0.3) is 0 Å². The third-order valence-electron chi connectivity index (χ3n) is 2.77. The van der Waals surface area contributed by atoms with E-state index in [1.807, 2.05) is 31.2 Å². The summed E-state index contributed by atoms with van der Waals surface area (Å²) in [7, 11) is 0. The lowest BCUT2D eigenvalue weighted by molar-refractivity contribution is -0.119. The lowest BCUT2D eigenvalue weighted by atomic mass is 10.1. The van der Waals surface area contributed by atoms with Gasteiger partial charge >= 0.3 is 0 Å². The van der Waals surface area contributed by atoms with E-state index in [1.54, 1.807) is 6.92 Å². The van der Waals surface area contributed by atoms with Gasteiger partial charge in [-0.1, -0.05) is 17.7 Å². The largest absolute Gasteiger partial charge is 0.385 e. The Kier molecular flexibility index (Phi) is 6.12. The summed E-state index contributed by atoms with van der Waals surface area (Å²) >= 11 is 0. The molecule has 0 atom stereocenters. The van der Waals surface area contributed by atoms with Gasteiger partial charge in [-0.25, -0.2) is 0 Å². The third-order valence-corrected chi connectivity index (χ3v) is 2.77. The van der Waals surface area contributed by atoms with Gasteiger partial charge in [-0.3, -0.25) is 4.79 Å². The molecule has 0 aliphatic heterocycles. The Morgan fingerprint density at radius 3 is 2.33 bits per heavy atom. The molecule has 0 saturated carbocycles. The minimum atomic E-state index is 0.153. The van der Waals surface area contributed by atoms with Crippen molar-refractivity contribution in [2.45, 2.75) is 39.5 Å². The lowest BCUT2D eigenvalue weighted by Crippen LogP contribution is -2.08. The molecule has 0 unspecified atom stereocenters. The first-order chi connectivity index (χ1) is 8.58. The van der Waals surface area contributed by atoms with Crippen LogP contribution in [-0.2, 0) is 9.59 Å². The maximum Gasteiger partial charge on any atom is 0.134 e. The van der Waals surface area contributed by atoms with Gasteiger partial charge in [-0.2, -0.15) is 0 Å². The van der Waals surface area contributed by atoms with Crippen LogP contribution in [0.2, 0.25) is 0 Å². The fourth-order valence-corrected chi connectivity index (χ4v) is 1.68. The Morgan fingerprint density at radius 2 is 1.72 bits per heavy atom. The Balaban J connectivity index is 2.15. The molecule has 0 aromatic heterocycles. The second kappa shape index (κ2) is 7.64. The van der Waals surface area contributed by atoms with Crippen LogP contribution < -0.4 is 5.32 Å². The number of hydrogen-bond donors (Lipinski definition) is 1. The van der Waals surface area contributed by atoms with E-state index < -0.39 is 0 Å². The zero-order chi connectivity index (χ0) is 13.4. The predicted molar refractivity (Wildman–Crippen MR) is 73.8 cm³/mol. The number of ketones is 2. The molecule has 3 heteroatoms. The van der Waals surface area contributed by atoms with E-state index in [2.05, 4.69) is 5.32 Å². The first-order valence-electron chi connectivity index (χ1n) is 6.39. The number of Topliss-reactive ketones (excluding diaryl/α,β-unsaturated/α-hetero) is 2. The average Bonchev–Trinajstić information content (AvgIpc) is 2.31. The van der Waals surface area contributed by atoms with Gasteiger partial charge in [0.15, 0.2) is 0 Å². The van der Waals surface area contributed by atoms with Crippen molar-refractivity contribution in [3.05, 3.63) is 29.8 Å². The molecule has 0 bridgehead atoms. The molecule has 18 heavy (non-hydrogen) atoms. The molecule has 0 radical (unpaired) electrons. The van der Waals surface area contributed by atoms with E-state index in [-0.39, 0.29) is 11.6 Å². The van der Waals surface area contributed by atoms with Crippen molar-refractivity contribution >= 4 is 17.3 Å². The summed E-state index contributed by atoms with van der Waals surface area (Å²) in [5, 5.41) is 3.21. The number of carbonyl (C=O) groups is 2. The molecule has 0 heterocycles. The summed E-state index contributed by atoms with van der Waals surface area (Å²) in [4.78, 5) is 22.2. The molecule has 0 fully saturated rings. The van der Waals surface area contributed by atoms with E-state index in [0.717, 1.165) is 5.69 Å². The smallest absolute Gasteiger partial charge is 0.134 e. The molecule has 1 rings (SSSR count). The Labute approximate surface area is 109 Å². The SMILES string of the molecule is CC(=O)CCCC(=O)CCNc1ccc(C)cc1. The zero-order valence-corrected chi connectivity index (χ0v) is 11.2. The van der Waals surface area contributed by atoms with Crippen LogP contribution in [0.15, 0.2) is 24.3 Å². The van der Waals surface area contributed by atoms with Crippen molar-refractivity contribution in [2.75, 3.05) is 11.9 Å². The number of aryl methyl sites for hydroxylation is 1. The molecule has 1 aromatic carbocycles. The van der Waals surface area contributed by atoms with E-state index in [0.29, 0.717) is 32.2 Å². The normalized spacial score (nSPS) is 10.1. The number of hydrogen-bond acceptors (Lipinski definition) is 3. The summed E-state index contributed by atoms with van der Waals surface area (Å²) < 4.78 is 0. The minimum absolute atomic E-state index is 0.153. The number of rotatable bonds is 8. The zero-order valence-electron chi connectivity index (χ0n) is 11.2. The van der Waals surface area contributed by atoms with Crippen LogP contribution >= 0.6 is 0 Å². The van der Waals surface area contributed by atoms with Crippen LogP contribution in [0.1, 0.15) is 38.2 Å². The fraction of sp³-hybridized carbons (Fsp3) is 0.467. The molecule has 0 saturated heterocycles. The third kappa shape index (κ3) is 6.18. The van der Waals surface area contributed by atoms with Crippen molar-refractivity contribution in [1.29, 1.82) is 0 Å². The maximum atomic E-state index is 11.5. The Morgan fingerprint density at radius 1 is 1.06 bits per heavy atom. The fourth-order valence-electron chi connectivity index (χ4n) is 1.68. The van der Waals surface area contributed by atoms with Crippen LogP contribution in [0, 0.1) is 6.92 Å². The molecule has 3 nitrogen and oxygen atoms in total. The molecule has 0 aliphatic rings. The van der Waals surface area contributed by atoms with Crippen molar-refractivity contribution in [3.8, 4) is 0 Å². The number of benzene rings is 1. The maximum absolute atomic E-state index is 11.5. The lowest BCUT2D eigenvalue weighted by Gasteiger charge is -2.06. The molecular formula is C15H21NO2. The number of anilines is 1. The summed E-state index contributed by atoms with van der Waals surface area (Å²) in [6.07, 6.45) is 2.22. The topological polar surface area (TPSA) is 46.2 Å². The molecule has 0 spiro atoms. The quantitative estimate of drug-likeness (QED) is 0.767. The molecule has 1 aromatic rings. The molecule has 98 valence electrons. The first-order valence-corrected chi connectivity index (χ1v) is 6.39. The van der Waals surface area contributed by atoms with Crippen LogP contribution in [-0.4, -0.2) is 18.1 Å². The molecule has 1 N–H and O–H groups in total. The van der Waals surface area contributed by atoms with E-state index >= 15 is 0 Å². The van der Waals surface area contributed by atoms with E-state index in [4.69, 9.17) is 0 Å². The van der Waals surface area contributed by atoms with Gasteiger partial charge in [0.2, 0.25) is 0 Å².